The van der Waals surface area contributed by atoms with Crippen LogP contribution in [0.1, 0.15) is 18.9 Å². The van der Waals surface area contributed by atoms with Crippen LogP contribution in [-0.2, 0) is 6.54 Å². The highest BCUT2D eigenvalue weighted by atomic mass is 16.5. The van der Waals surface area contributed by atoms with Crippen molar-refractivity contribution in [3.05, 3.63) is 48.0 Å². The summed E-state index contributed by atoms with van der Waals surface area (Å²) in [6.07, 6.45) is 1.03. The Labute approximate surface area is 179 Å². The Morgan fingerprint density at radius 2 is 1.80 bits per heavy atom. The van der Waals surface area contributed by atoms with Gasteiger partial charge in [0.05, 0.1) is 27.9 Å². The molecule has 2 aromatic carbocycles. The summed E-state index contributed by atoms with van der Waals surface area (Å²) < 4.78 is 16.3. The number of rotatable bonds is 8. The molecule has 162 valence electrons. The average molecular weight is 413 g/mol. The molecule has 2 N–H and O–H groups in total. The first-order valence-corrected chi connectivity index (χ1v) is 10.3. The van der Waals surface area contributed by atoms with E-state index in [-0.39, 0.29) is 0 Å². The molecule has 3 rings (SSSR count). The van der Waals surface area contributed by atoms with Crippen LogP contribution in [0, 0.1) is 0 Å². The van der Waals surface area contributed by atoms with Crippen molar-refractivity contribution in [3.8, 4) is 17.2 Å². The van der Waals surface area contributed by atoms with E-state index in [0.29, 0.717) is 12.6 Å². The second kappa shape index (κ2) is 10.6. The third-order valence-corrected chi connectivity index (χ3v) is 5.17. The Bertz CT molecular complexity index is 834. The Morgan fingerprint density at radius 1 is 1.07 bits per heavy atom. The van der Waals surface area contributed by atoms with Crippen molar-refractivity contribution >= 4 is 11.6 Å². The Morgan fingerprint density at radius 3 is 2.47 bits per heavy atom. The van der Waals surface area contributed by atoms with E-state index in [0.717, 1.165) is 60.5 Å². The van der Waals surface area contributed by atoms with Crippen molar-refractivity contribution in [2.75, 3.05) is 45.9 Å². The normalized spacial score (nSPS) is 16.3. The topological polar surface area (TPSA) is 67.4 Å². The monoisotopic (exact) mass is 412 g/mol. The molecule has 1 fully saturated rings. The molecule has 2 aromatic rings. The molecule has 0 radical (unpaired) electrons. The summed E-state index contributed by atoms with van der Waals surface area (Å²) in [5.74, 6) is 3.27. The number of hydrogen-bond donors (Lipinski definition) is 2. The van der Waals surface area contributed by atoms with E-state index >= 15 is 0 Å². The largest absolute Gasteiger partial charge is 0.497 e. The predicted molar refractivity (Wildman–Crippen MR) is 121 cm³/mol. The summed E-state index contributed by atoms with van der Waals surface area (Å²) in [5, 5.41) is 6.92. The van der Waals surface area contributed by atoms with Crippen LogP contribution in [0.5, 0.6) is 17.2 Å². The van der Waals surface area contributed by atoms with Crippen LogP contribution in [-0.4, -0.2) is 53.0 Å². The van der Waals surface area contributed by atoms with Gasteiger partial charge in [-0.3, -0.25) is 0 Å². The summed E-state index contributed by atoms with van der Waals surface area (Å²) in [6, 6.07) is 14.3. The van der Waals surface area contributed by atoms with Crippen molar-refractivity contribution in [3.63, 3.8) is 0 Å². The van der Waals surface area contributed by atoms with Crippen molar-refractivity contribution < 1.29 is 14.2 Å². The van der Waals surface area contributed by atoms with Gasteiger partial charge in [-0.1, -0.05) is 18.2 Å². The quantitative estimate of drug-likeness (QED) is 0.513. The Balaban J connectivity index is 1.66. The third-order valence-electron chi connectivity index (χ3n) is 5.17. The number of para-hydroxylation sites is 1. The first-order chi connectivity index (χ1) is 14.7. The molecule has 0 saturated carbocycles. The lowest BCUT2D eigenvalue weighted by Gasteiger charge is -2.21. The second-order valence-electron chi connectivity index (χ2n) is 7.15. The predicted octanol–water partition coefficient (Wildman–Crippen LogP) is 3.05. The maximum Gasteiger partial charge on any atom is 0.191 e. The Hall–Kier alpha value is -3.09. The van der Waals surface area contributed by atoms with Gasteiger partial charge in [-0.15, -0.1) is 0 Å². The molecular weight excluding hydrogens is 380 g/mol. The van der Waals surface area contributed by atoms with Crippen LogP contribution in [0.3, 0.4) is 0 Å². The number of hydrogen-bond acceptors (Lipinski definition) is 5. The molecule has 1 aliphatic heterocycles. The molecule has 0 aliphatic carbocycles. The zero-order valence-corrected chi connectivity index (χ0v) is 18.3. The summed E-state index contributed by atoms with van der Waals surface area (Å²) in [6.45, 7) is 5.28. The highest BCUT2D eigenvalue weighted by Crippen LogP contribution is 2.30. The lowest BCUT2D eigenvalue weighted by atomic mass is 10.2. The van der Waals surface area contributed by atoms with Crippen molar-refractivity contribution in [2.45, 2.75) is 25.9 Å². The molecule has 7 nitrogen and oxygen atoms in total. The fourth-order valence-corrected chi connectivity index (χ4v) is 3.60. The number of nitrogens with zero attached hydrogens (tertiary/aromatic N) is 2. The minimum absolute atomic E-state index is 0.303. The molecule has 0 spiro atoms. The standard InChI is InChI=1S/C23H32N4O3/c1-5-24-23(25-15-17-8-6-7-9-22(17)30-4)26-18-10-11-27(16-18)19-12-20(28-2)14-21(13-19)29-3/h6-9,12-14,18H,5,10-11,15-16H2,1-4H3,(H2,24,25,26). The minimum atomic E-state index is 0.303. The van der Waals surface area contributed by atoms with Gasteiger partial charge in [-0.05, 0) is 19.4 Å². The number of nitrogens with one attached hydrogen (secondary N) is 2. The maximum absolute atomic E-state index is 5.43. The third kappa shape index (κ3) is 5.49. The maximum atomic E-state index is 5.43. The highest BCUT2D eigenvalue weighted by molar-refractivity contribution is 5.80. The van der Waals surface area contributed by atoms with Crippen molar-refractivity contribution in [2.24, 2.45) is 4.99 Å². The van der Waals surface area contributed by atoms with E-state index in [2.05, 4.69) is 22.5 Å². The van der Waals surface area contributed by atoms with Crippen LogP contribution >= 0.6 is 0 Å². The molecule has 7 heteroatoms. The van der Waals surface area contributed by atoms with Crippen LogP contribution in [0.2, 0.25) is 0 Å². The van der Waals surface area contributed by atoms with Gasteiger partial charge in [0.25, 0.3) is 0 Å². The van der Waals surface area contributed by atoms with Gasteiger partial charge in [0.2, 0.25) is 0 Å². The first kappa shape index (κ1) is 21.6. The lowest BCUT2D eigenvalue weighted by molar-refractivity contribution is 0.394. The van der Waals surface area contributed by atoms with Gasteiger partial charge in [0.1, 0.15) is 17.2 Å². The van der Waals surface area contributed by atoms with Gasteiger partial charge in [0, 0.05) is 55.1 Å². The molecule has 1 saturated heterocycles. The lowest BCUT2D eigenvalue weighted by Crippen LogP contribution is -2.44. The summed E-state index contributed by atoms with van der Waals surface area (Å²) in [7, 11) is 5.04. The molecule has 1 aliphatic rings. The SMILES string of the molecule is CCNC(=NCc1ccccc1OC)NC1CCN(c2cc(OC)cc(OC)c2)C1. The molecular formula is C23H32N4O3. The van der Waals surface area contributed by atoms with E-state index in [1.165, 1.54) is 0 Å². The molecule has 0 bridgehead atoms. The summed E-state index contributed by atoms with van der Waals surface area (Å²) >= 11 is 0. The van der Waals surface area contributed by atoms with Crippen LogP contribution in [0.4, 0.5) is 5.69 Å². The van der Waals surface area contributed by atoms with Gasteiger partial charge < -0.3 is 29.7 Å². The van der Waals surface area contributed by atoms with Crippen molar-refractivity contribution in [1.29, 1.82) is 0 Å². The summed E-state index contributed by atoms with van der Waals surface area (Å²) in [5.41, 5.74) is 2.17. The van der Waals surface area contributed by atoms with E-state index in [4.69, 9.17) is 19.2 Å². The fourth-order valence-electron chi connectivity index (χ4n) is 3.60. The minimum Gasteiger partial charge on any atom is -0.497 e. The van der Waals surface area contributed by atoms with E-state index < -0.39 is 0 Å². The summed E-state index contributed by atoms with van der Waals surface area (Å²) in [4.78, 5) is 7.10. The molecule has 0 amide bonds. The van der Waals surface area contributed by atoms with Gasteiger partial charge in [0.15, 0.2) is 5.96 Å². The van der Waals surface area contributed by atoms with Crippen molar-refractivity contribution in [1.82, 2.24) is 10.6 Å². The zero-order valence-electron chi connectivity index (χ0n) is 18.3. The number of anilines is 1. The van der Waals surface area contributed by atoms with Crippen LogP contribution in [0.25, 0.3) is 0 Å². The average Bonchev–Trinajstić information content (AvgIpc) is 3.26. The van der Waals surface area contributed by atoms with Gasteiger partial charge in [-0.2, -0.15) is 0 Å². The van der Waals surface area contributed by atoms with Gasteiger partial charge >= 0.3 is 0 Å². The van der Waals surface area contributed by atoms with E-state index in [9.17, 15) is 0 Å². The van der Waals surface area contributed by atoms with E-state index in [1.54, 1.807) is 21.3 Å². The van der Waals surface area contributed by atoms with E-state index in [1.807, 2.05) is 42.5 Å². The number of ether oxygens (including phenoxy) is 3. The number of methoxy groups -OCH3 is 3. The van der Waals surface area contributed by atoms with Crippen LogP contribution in [0.15, 0.2) is 47.5 Å². The molecule has 1 atom stereocenters. The molecule has 30 heavy (non-hydrogen) atoms. The first-order valence-electron chi connectivity index (χ1n) is 10.3. The smallest absolute Gasteiger partial charge is 0.191 e. The number of guanidine groups is 1. The highest BCUT2D eigenvalue weighted by Gasteiger charge is 2.24. The fraction of sp³-hybridized carbons (Fsp3) is 0.435. The van der Waals surface area contributed by atoms with Gasteiger partial charge in [-0.25, -0.2) is 4.99 Å². The Kier molecular flexibility index (Phi) is 7.65. The molecule has 1 heterocycles. The molecule has 1 unspecified atom stereocenters. The second-order valence-corrected chi connectivity index (χ2v) is 7.15. The molecule has 0 aromatic heterocycles. The number of benzene rings is 2. The van der Waals surface area contributed by atoms with Crippen LogP contribution < -0.4 is 29.7 Å². The number of aliphatic imine (C=N–C) groups is 1. The zero-order chi connectivity index (χ0) is 21.3.